The molecule has 0 aliphatic carbocycles. The van der Waals surface area contributed by atoms with Crippen LogP contribution in [0.15, 0.2) is 0 Å². The molecule has 0 radical (unpaired) electrons. The number of unbranched alkanes of at least 4 members (excludes halogenated alkanes) is 28. The highest BCUT2D eigenvalue weighted by atomic mass is 31.2. The van der Waals surface area contributed by atoms with Gasteiger partial charge in [-0.1, -0.05) is 194 Å². The molecule has 0 rings (SSSR count). The van der Waals surface area contributed by atoms with Crippen LogP contribution >= 0.6 is 7.82 Å². The normalized spacial score (nSPS) is 13.3. The van der Waals surface area contributed by atoms with Crippen LogP contribution in [0, 0.1) is 0 Å². The summed E-state index contributed by atoms with van der Waals surface area (Å²) in [5, 5.41) is 0. The van der Waals surface area contributed by atoms with E-state index in [4.69, 9.17) is 18.5 Å². The van der Waals surface area contributed by atoms with E-state index in [1.54, 1.807) is 6.92 Å². The van der Waals surface area contributed by atoms with Gasteiger partial charge in [0.05, 0.1) is 13.2 Å². The van der Waals surface area contributed by atoms with E-state index in [1.807, 2.05) is 0 Å². The molecule has 0 aliphatic rings. The molecule has 0 heterocycles. The van der Waals surface area contributed by atoms with Gasteiger partial charge >= 0.3 is 19.8 Å². The predicted molar refractivity (Wildman–Crippen MR) is 207 cm³/mol. The van der Waals surface area contributed by atoms with Crippen LogP contribution in [0.2, 0.25) is 0 Å². The van der Waals surface area contributed by atoms with Gasteiger partial charge in [-0.25, -0.2) is 4.57 Å². The molecule has 2 unspecified atom stereocenters. The second kappa shape index (κ2) is 37.8. The molecule has 0 spiro atoms. The number of carbonyl (C=O) groups excluding carboxylic acids is 2. The fraction of sp³-hybridized carbons (Fsp3) is 0.951. The van der Waals surface area contributed by atoms with Gasteiger partial charge in [0, 0.05) is 12.8 Å². The van der Waals surface area contributed by atoms with Gasteiger partial charge < -0.3 is 14.4 Å². The standard InChI is InChI=1S/C41H81O8P/c1-4-7-9-11-13-15-17-18-19-20-21-22-23-24-25-26-28-30-32-34-36-41(43)49-39(38-48-50(44,45)47-6-3)37-46-40(42)35-33-31-29-27-16-14-12-10-8-5-2/h39H,4-38H2,1-3H3,(H,44,45). The molecule has 0 aromatic carbocycles. The van der Waals surface area contributed by atoms with Crippen molar-refractivity contribution >= 4 is 19.8 Å². The molecule has 2 atom stereocenters. The lowest BCUT2D eigenvalue weighted by Gasteiger charge is -2.19. The van der Waals surface area contributed by atoms with E-state index in [0.29, 0.717) is 6.42 Å². The SMILES string of the molecule is CCCCCCCCCCCCCCCCCCCCCCC(=O)OC(COC(=O)CCCCCCCCCCCC)COP(=O)(O)OCC. The van der Waals surface area contributed by atoms with Gasteiger partial charge in [-0.2, -0.15) is 0 Å². The van der Waals surface area contributed by atoms with Crippen molar-refractivity contribution in [2.24, 2.45) is 0 Å². The van der Waals surface area contributed by atoms with E-state index in [9.17, 15) is 19.0 Å². The van der Waals surface area contributed by atoms with Gasteiger partial charge in [-0.05, 0) is 19.8 Å². The smallest absolute Gasteiger partial charge is 0.462 e. The molecule has 0 amide bonds. The minimum atomic E-state index is -4.27. The maximum Gasteiger partial charge on any atom is 0.472 e. The lowest BCUT2D eigenvalue weighted by Crippen LogP contribution is -2.29. The Morgan fingerprint density at radius 1 is 0.460 bits per heavy atom. The van der Waals surface area contributed by atoms with Gasteiger partial charge in [-0.15, -0.1) is 0 Å². The minimum Gasteiger partial charge on any atom is -0.462 e. The number of phosphoric acid groups is 1. The maximum atomic E-state index is 12.5. The molecule has 0 saturated carbocycles. The fourth-order valence-corrected chi connectivity index (χ4v) is 7.03. The minimum absolute atomic E-state index is 0.00547. The Kier molecular flexibility index (Phi) is 37.1. The Bertz CT molecular complexity index is 793. The fourth-order valence-electron chi connectivity index (χ4n) is 6.28. The zero-order valence-corrected chi connectivity index (χ0v) is 34.0. The average Bonchev–Trinajstić information content (AvgIpc) is 3.09. The van der Waals surface area contributed by atoms with Crippen molar-refractivity contribution in [3.05, 3.63) is 0 Å². The van der Waals surface area contributed by atoms with Crippen LogP contribution in [-0.4, -0.2) is 42.8 Å². The summed E-state index contributed by atoms with van der Waals surface area (Å²) in [6, 6.07) is 0. The Hall–Kier alpha value is -0.950. The Labute approximate surface area is 308 Å². The van der Waals surface area contributed by atoms with Crippen LogP contribution in [0.25, 0.3) is 0 Å². The highest BCUT2D eigenvalue weighted by Gasteiger charge is 2.25. The van der Waals surface area contributed by atoms with Crippen molar-refractivity contribution in [3.63, 3.8) is 0 Å². The van der Waals surface area contributed by atoms with Crippen LogP contribution < -0.4 is 0 Å². The van der Waals surface area contributed by atoms with E-state index in [1.165, 1.54) is 154 Å². The van der Waals surface area contributed by atoms with Crippen LogP contribution in [0.1, 0.15) is 226 Å². The molecule has 50 heavy (non-hydrogen) atoms. The molecular weight excluding hydrogens is 651 g/mol. The van der Waals surface area contributed by atoms with Gasteiger partial charge in [0.1, 0.15) is 6.61 Å². The largest absolute Gasteiger partial charge is 0.472 e. The lowest BCUT2D eigenvalue weighted by molar-refractivity contribution is -0.161. The predicted octanol–water partition coefficient (Wildman–Crippen LogP) is 13.1. The van der Waals surface area contributed by atoms with Crippen molar-refractivity contribution < 1.29 is 37.6 Å². The molecule has 0 aromatic heterocycles. The van der Waals surface area contributed by atoms with E-state index in [0.717, 1.165) is 38.5 Å². The van der Waals surface area contributed by atoms with E-state index < -0.39 is 19.9 Å². The van der Waals surface area contributed by atoms with Gasteiger partial charge in [-0.3, -0.25) is 18.6 Å². The first-order valence-electron chi connectivity index (χ1n) is 21.3. The van der Waals surface area contributed by atoms with E-state index in [-0.39, 0.29) is 32.2 Å². The van der Waals surface area contributed by atoms with Crippen LogP contribution in [0.3, 0.4) is 0 Å². The van der Waals surface area contributed by atoms with Gasteiger partial charge in [0.15, 0.2) is 6.10 Å². The highest BCUT2D eigenvalue weighted by Crippen LogP contribution is 2.43. The second-order valence-electron chi connectivity index (χ2n) is 14.4. The third-order valence-electron chi connectivity index (χ3n) is 9.41. The summed E-state index contributed by atoms with van der Waals surface area (Å²) in [6.07, 6.45) is 37.3. The topological polar surface area (TPSA) is 108 Å². The van der Waals surface area contributed by atoms with E-state index in [2.05, 4.69) is 13.8 Å². The third-order valence-corrected chi connectivity index (χ3v) is 10.5. The summed E-state index contributed by atoms with van der Waals surface area (Å²) in [4.78, 5) is 34.6. The lowest BCUT2D eigenvalue weighted by atomic mass is 10.0. The molecule has 298 valence electrons. The highest BCUT2D eigenvalue weighted by molar-refractivity contribution is 7.47. The zero-order chi connectivity index (χ0) is 36.8. The molecule has 0 aliphatic heterocycles. The summed E-state index contributed by atoms with van der Waals surface area (Å²) >= 11 is 0. The van der Waals surface area contributed by atoms with Crippen LogP contribution in [-0.2, 0) is 32.7 Å². The van der Waals surface area contributed by atoms with Crippen molar-refractivity contribution in [2.45, 2.75) is 232 Å². The Morgan fingerprint density at radius 3 is 1.12 bits per heavy atom. The molecule has 1 N–H and O–H groups in total. The summed E-state index contributed by atoms with van der Waals surface area (Å²) in [5.41, 5.74) is 0. The van der Waals surface area contributed by atoms with Crippen molar-refractivity contribution in [1.29, 1.82) is 0 Å². The summed E-state index contributed by atoms with van der Waals surface area (Å²) in [7, 11) is -4.27. The molecule has 8 nitrogen and oxygen atoms in total. The third kappa shape index (κ3) is 36.8. The van der Waals surface area contributed by atoms with Crippen LogP contribution in [0.4, 0.5) is 0 Å². The second-order valence-corrected chi connectivity index (χ2v) is 15.8. The molecule has 0 fully saturated rings. The molecular formula is C41H81O8P. The Balaban J connectivity index is 3.97. The molecule has 0 aromatic rings. The summed E-state index contributed by atoms with van der Waals surface area (Å²) in [6.45, 7) is 5.49. The Morgan fingerprint density at radius 2 is 0.780 bits per heavy atom. The average molecular weight is 733 g/mol. The van der Waals surface area contributed by atoms with Crippen molar-refractivity contribution in [1.82, 2.24) is 0 Å². The first-order chi connectivity index (χ1) is 24.3. The van der Waals surface area contributed by atoms with Crippen LogP contribution in [0.5, 0.6) is 0 Å². The number of esters is 2. The summed E-state index contributed by atoms with van der Waals surface area (Å²) < 4.78 is 32.6. The van der Waals surface area contributed by atoms with Crippen molar-refractivity contribution in [3.8, 4) is 0 Å². The first kappa shape index (κ1) is 49.0. The maximum absolute atomic E-state index is 12.5. The number of hydrogen-bond donors (Lipinski definition) is 1. The molecule has 0 bridgehead atoms. The number of hydrogen-bond acceptors (Lipinski definition) is 7. The monoisotopic (exact) mass is 733 g/mol. The number of phosphoric ester groups is 1. The quantitative estimate of drug-likeness (QED) is 0.0377. The van der Waals surface area contributed by atoms with Gasteiger partial charge in [0.2, 0.25) is 0 Å². The van der Waals surface area contributed by atoms with E-state index >= 15 is 0 Å². The van der Waals surface area contributed by atoms with Crippen molar-refractivity contribution in [2.75, 3.05) is 19.8 Å². The molecule has 9 heteroatoms. The summed E-state index contributed by atoms with van der Waals surface area (Å²) in [5.74, 6) is -0.785. The number of carbonyl (C=O) groups is 2. The zero-order valence-electron chi connectivity index (χ0n) is 33.1. The number of ether oxygens (including phenoxy) is 2. The molecule has 0 saturated heterocycles. The van der Waals surface area contributed by atoms with Gasteiger partial charge in [0.25, 0.3) is 0 Å². The number of rotatable bonds is 40. The first-order valence-corrected chi connectivity index (χ1v) is 22.8.